The molecule has 1 aliphatic carbocycles. The first kappa shape index (κ1) is 10.1. The van der Waals surface area contributed by atoms with Crippen molar-refractivity contribution < 1.29 is 13.9 Å². The summed E-state index contributed by atoms with van der Waals surface area (Å²) < 4.78 is 24.2. The number of hydrogen-bond donors (Lipinski definition) is 4. The molecule has 2 aliphatic rings. The summed E-state index contributed by atoms with van der Waals surface area (Å²) in [4.78, 5) is 11.6. The Morgan fingerprint density at radius 2 is 2.00 bits per heavy atom. The second-order valence-electron chi connectivity index (χ2n) is 4.06. The van der Waals surface area contributed by atoms with Crippen molar-refractivity contribution in [2.45, 2.75) is 19.4 Å². The Balaban J connectivity index is 2.09. The lowest BCUT2D eigenvalue weighted by Crippen LogP contribution is -2.30. The first-order valence-electron chi connectivity index (χ1n) is 5.05. The Hall–Kier alpha value is -1.08. The molecule has 5 nitrogen and oxygen atoms in total. The van der Waals surface area contributed by atoms with E-state index in [-0.39, 0.29) is 5.78 Å². The number of rotatable bonds is 0. The predicted molar refractivity (Wildman–Crippen MR) is 62.4 cm³/mol. The number of anilines is 1. The molecule has 0 fully saturated rings. The standard InChI is InChI=1S/C10H12N2O3S/c13-10-2-1-6-3-7-5-11-16(14,15)12-9(7)4-8(6)10/h3-4,11-12,14-15H,1-2,5H2. The van der Waals surface area contributed by atoms with Crippen LogP contribution in [0.25, 0.3) is 0 Å². The van der Waals surface area contributed by atoms with Gasteiger partial charge in [0.15, 0.2) is 5.78 Å². The van der Waals surface area contributed by atoms with Gasteiger partial charge >= 0.3 is 0 Å². The third-order valence-electron chi connectivity index (χ3n) is 2.97. The minimum atomic E-state index is -2.94. The predicted octanol–water partition coefficient (Wildman–Crippen LogP) is 1.91. The Labute approximate surface area is 94.5 Å². The summed E-state index contributed by atoms with van der Waals surface area (Å²) in [6, 6.07) is 3.69. The first-order valence-corrected chi connectivity index (χ1v) is 6.59. The van der Waals surface area contributed by atoms with Crippen molar-refractivity contribution in [2.75, 3.05) is 4.72 Å². The zero-order valence-corrected chi connectivity index (χ0v) is 9.30. The molecule has 0 radical (unpaired) electrons. The van der Waals surface area contributed by atoms with Crippen LogP contribution in [0.15, 0.2) is 12.1 Å². The molecule has 0 saturated carbocycles. The largest absolute Gasteiger partial charge is 0.294 e. The second-order valence-corrected chi connectivity index (χ2v) is 5.65. The topological polar surface area (TPSA) is 81.6 Å². The normalized spacial score (nSPS) is 23.2. The highest BCUT2D eigenvalue weighted by Gasteiger charge is 2.26. The average molecular weight is 240 g/mol. The fourth-order valence-corrected chi connectivity index (χ4v) is 3.08. The van der Waals surface area contributed by atoms with Gasteiger partial charge in [-0.15, -0.1) is 0 Å². The van der Waals surface area contributed by atoms with Gasteiger partial charge < -0.3 is 0 Å². The molecule has 4 N–H and O–H groups in total. The molecule has 1 heterocycles. The van der Waals surface area contributed by atoms with Gasteiger partial charge in [0, 0.05) is 18.5 Å². The lowest BCUT2D eigenvalue weighted by molar-refractivity contribution is 0.0994. The molecule has 0 aromatic heterocycles. The second kappa shape index (κ2) is 3.21. The van der Waals surface area contributed by atoms with Crippen LogP contribution in [-0.2, 0) is 13.0 Å². The fraction of sp³-hybridized carbons (Fsp3) is 0.300. The lowest BCUT2D eigenvalue weighted by Gasteiger charge is -2.38. The van der Waals surface area contributed by atoms with E-state index in [0.717, 1.165) is 17.5 Å². The number of Topliss-reactive ketones (excluding diaryl/α,β-unsaturated/α-hetero) is 1. The van der Waals surface area contributed by atoms with Crippen molar-refractivity contribution >= 4 is 22.4 Å². The summed E-state index contributed by atoms with van der Waals surface area (Å²) >= 11 is 0. The van der Waals surface area contributed by atoms with E-state index in [0.29, 0.717) is 24.2 Å². The number of aryl methyl sites for hydroxylation is 1. The van der Waals surface area contributed by atoms with Crippen LogP contribution in [0.2, 0.25) is 0 Å². The van der Waals surface area contributed by atoms with Gasteiger partial charge in [-0.2, -0.15) is 4.72 Å². The van der Waals surface area contributed by atoms with Crippen molar-refractivity contribution in [1.82, 2.24) is 4.72 Å². The van der Waals surface area contributed by atoms with Crippen LogP contribution in [0, 0.1) is 0 Å². The molecule has 1 aromatic carbocycles. The van der Waals surface area contributed by atoms with Crippen LogP contribution < -0.4 is 9.44 Å². The van der Waals surface area contributed by atoms with Gasteiger partial charge in [0.25, 0.3) is 0 Å². The summed E-state index contributed by atoms with van der Waals surface area (Å²) in [5.74, 6) is 0.134. The fourth-order valence-electron chi connectivity index (χ4n) is 2.15. The van der Waals surface area contributed by atoms with Gasteiger partial charge in [0.2, 0.25) is 0 Å². The molecule has 0 unspecified atom stereocenters. The van der Waals surface area contributed by atoms with Gasteiger partial charge in [-0.05, 0) is 23.6 Å². The number of nitrogens with one attached hydrogen (secondary N) is 2. The lowest BCUT2D eigenvalue weighted by atomic mass is 10.0. The molecule has 1 aromatic rings. The molecule has 0 bridgehead atoms. The van der Waals surface area contributed by atoms with Crippen LogP contribution >= 0.6 is 11.0 Å². The van der Waals surface area contributed by atoms with E-state index in [4.69, 9.17) is 0 Å². The zero-order valence-electron chi connectivity index (χ0n) is 8.49. The summed E-state index contributed by atoms with van der Waals surface area (Å²) in [7, 11) is -2.94. The number of ketones is 1. The summed E-state index contributed by atoms with van der Waals surface area (Å²) in [5.41, 5.74) is 3.39. The van der Waals surface area contributed by atoms with Crippen LogP contribution in [-0.4, -0.2) is 14.9 Å². The van der Waals surface area contributed by atoms with Gasteiger partial charge in [-0.1, -0.05) is 17.0 Å². The SMILES string of the molecule is O=C1CCc2cc3c(cc21)NS(O)(O)NC3. The highest BCUT2D eigenvalue weighted by atomic mass is 32.3. The van der Waals surface area contributed by atoms with Crippen LogP contribution in [0.5, 0.6) is 0 Å². The van der Waals surface area contributed by atoms with Gasteiger partial charge in [0.1, 0.15) is 0 Å². The quantitative estimate of drug-likeness (QED) is 0.557. The molecular formula is C10H12N2O3S. The van der Waals surface area contributed by atoms with E-state index in [1.165, 1.54) is 0 Å². The van der Waals surface area contributed by atoms with E-state index in [1.807, 2.05) is 6.07 Å². The van der Waals surface area contributed by atoms with E-state index in [1.54, 1.807) is 6.07 Å². The monoisotopic (exact) mass is 240 g/mol. The minimum absolute atomic E-state index is 0.134. The van der Waals surface area contributed by atoms with Gasteiger partial charge in [-0.3, -0.25) is 18.6 Å². The maximum atomic E-state index is 11.6. The Bertz CT molecular complexity index is 487. The van der Waals surface area contributed by atoms with Crippen LogP contribution in [0.1, 0.15) is 27.9 Å². The Kier molecular flexibility index (Phi) is 2.02. The molecular weight excluding hydrogens is 228 g/mol. The van der Waals surface area contributed by atoms with Crippen LogP contribution in [0.4, 0.5) is 5.69 Å². The molecule has 3 rings (SSSR count). The maximum Gasteiger partial charge on any atom is 0.163 e. The van der Waals surface area contributed by atoms with Crippen molar-refractivity contribution in [3.05, 3.63) is 28.8 Å². The number of carbonyl (C=O) groups excluding carboxylic acids is 1. The molecule has 0 amide bonds. The molecule has 6 heteroatoms. The van der Waals surface area contributed by atoms with Crippen LogP contribution in [0.3, 0.4) is 0 Å². The molecule has 1 aliphatic heterocycles. The molecule has 0 atom stereocenters. The summed E-state index contributed by atoms with van der Waals surface area (Å²) in [5, 5.41) is 0. The number of fused-ring (bicyclic) bond motifs is 2. The van der Waals surface area contributed by atoms with Crippen molar-refractivity contribution in [1.29, 1.82) is 0 Å². The smallest absolute Gasteiger partial charge is 0.163 e. The highest BCUT2D eigenvalue weighted by Crippen LogP contribution is 2.42. The number of hydrogen-bond acceptors (Lipinski definition) is 5. The number of benzene rings is 1. The van der Waals surface area contributed by atoms with E-state index in [9.17, 15) is 13.9 Å². The van der Waals surface area contributed by atoms with Crippen molar-refractivity contribution in [2.24, 2.45) is 0 Å². The highest BCUT2D eigenvalue weighted by molar-refractivity contribution is 8.23. The Morgan fingerprint density at radius 1 is 1.19 bits per heavy atom. The van der Waals surface area contributed by atoms with E-state index >= 15 is 0 Å². The molecule has 16 heavy (non-hydrogen) atoms. The first-order chi connectivity index (χ1) is 7.55. The number of carbonyl (C=O) groups is 1. The zero-order chi connectivity index (χ0) is 11.3. The third-order valence-corrected chi connectivity index (χ3v) is 4.02. The third kappa shape index (κ3) is 1.51. The van der Waals surface area contributed by atoms with Crippen molar-refractivity contribution in [3.8, 4) is 0 Å². The van der Waals surface area contributed by atoms with E-state index in [2.05, 4.69) is 9.44 Å². The molecule has 86 valence electrons. The molecule has 0 saturated heterocycles. The molecule has 0 spiro atoms. The maximum absolute atomic E-state index is 11.6. The van der Waals surface area contributed by atoms with Gasteiger partial charge in [0.05, 0.1) is 5.69 Å². The Morgan fingerprint density at radius 3 is 2.81 bits per heavy atom. The average Bonchev–Trinajstić information content (AvgIpc) is 2.56. The van der Waals surface area contributed by atoms with Gasteiger partial charge in [-0.25, -0.2) is 0 Å². The summed E-state index contributed by atoms with van der Waals surface area (Å²) in [6.45, 7) is 0.409. The minimum Gasteiger partial charge on any atom is -0.294 e. The summed E-state index contributed by atoms with van der Waals surface area (Å²) in [6.07, 6.45) is 1.35. The van der Waals surface area contributed by atoms with Crippen molar-refractivity contribution in [3.63, 3.8) is 0 Å². The van der Waals surface area contributed by atoms with E-state index < -0.39 is 11.0 Å².